The average Bonchev–Trinajstić information content (AvgIpc) is 2.54. The Morgan fingerprint density at radius 2 is 1.52 bits per heavy atom. The fraction of sp³-hybridized carbons (Fsp3) is 0.125. The third-order valence-electron chi connectivity index (χ3n) is 3.00. The molecule has 0 saturated heterocycles. The minimum absolute atomic E-state index is 0.174. The summed E-state index contributed by atoms with van der Waals surface area (Å²) < 4.78 is 37.4. The van der Waals surface area contributed by atoms with Crippen LogP contribution in [0, 0.1) is 0 Å². The first-order valence-electron chi connectivity index (χ1n) is 6.50. The van der Waals surface area contributed by atoms with E-state index in [9.17, 15) is 22.8 Å². The summed E-state index contributed by atoms with van der Waals surface area (Å²) in [5.74, 6) is -1.09. The van der Waals surface area contributed by atoms with E-state index in [1.54, 1.807) is 30.3 Å². The van der Waals surface area contributed by atoms with Crippen molar-refractivity contribution >= 4 is 33.3 Å². The highest BCUT2D eigenvalue weighted by molar-refractivity contribution is 9.10. The number of hydrogen-bond acceptors (Lipinski definition) is 2. The normalized spacial score (nSPS) is 12.5. The molecule has 0 radical (unpaired) electrons. The Bertz CT molecular complexity index is 700. The molecule has 1 atom stereocenters. The van der Waals surface area contributed by atoms with Crippen LogP contribution in [-0.2, 0) is 11.0 Å². The summed E-state index contributed by atoms with van der Waals surface area (Å²) in [4.78, 5) is 23.0. The minimum atomic E-state index is -4.44. The number of nitrogens with one attached hydrogen (secondary N) is 1. The highest BCUT2D eigenvalue weighted by Crippen LogP contribution is 2.29. The summed E-state index contributed by atoms with van der Waals surface area (Å²) in [6.45, 7) is 0. The van der Waals surface area contributed by atoms with Crippen molar-refractivity contribution in [3.63, 3.8) is 0 Å². The van der Waals surface area contributed by atoms with Gasteiger partial charge in [-0.1, -0.05) is 46.3 Å². The first-order valence-corrected chi connectivity index (χ1v) is 7.42. The Kier molecular flexibility index (Phi) is 5.20. The maximum Gasteiger partial charge on any atom is 0.416 e. The van der Waals surface area contributed by atoms with Gasteiger partial charge in [0.1, 0.15) is 0 Å². The van der Waals surface area contributed by atoms with Gasteiger partial charge in [0.2, 0.25) is 5.91 Å². The molecule has 1 amide bonds. The van der Waals surface area contributed by atoms with E-state index in [-0.39, 0.29) is 5.69 Å². The molecule has 0 aliphatic carbocycles. The second kappa shape index (κ2) is 6.95. The van der Waals surface area contributed by atoms with Crippen molar-refractivity contribution in [2.45, 2.75) is 11.0 Å². The van der Waals surface area contributed by atoms with E-state index in [2.05, 4.69) is 21.2 Å². The summed E-state index contributed by atoms with van der Waals surface area (Å²) in [5.41, 5.74) is -0.281. The zero-order valence-corrected chi connectivity index (χ0v) is 13.2. The zero-order valence-electron chi connectivity index (χ0n) is 11.6. The Balaban J connectivity index is 2.05. The lowest BCUT2D eigenvalue weighted by atomic mass is 10.1. The molecule has 2 rings (SSSR count). The van der Waals surface area contributed by atoms with Crippen molar-refractivity contribution in [3.8, 4) is 0 Å². The first-order chi connectivity index (χ1) is 10.8. The quantitative estimate of drug-likeness (QED) is 0.484. The van der Waals surface area contributed by atoms with Gasteiger partial charge in [0.05, 0.1) is 5.56 Å². The second-order valence-electron chi connectivity index (χ2n) is 4.66. The van der Waals surface area contributed by atoms with Crippen LogP contribution >= 0.6 is 15.9 Å². The molecule has 3 nitrogen and oxygen atoms in total. The highest BCUT2D eigenvalue weighted by Gasteiger charge is 2.30. The van der Waals surface area contributed by atoms with Crippen LogP contribution in [0.4, 0.5) is 18.9 Å². The summed E-state index contributed by atoms with van der Waals surface area (Å²) >= 11 is 3.01. The number of anilines is 1. The molecular formula is C16H11BrF3NO2. The molecule has 1 N–H and O–H groups in total. The number of Topliss-reactive ketones (excluding diaryl/α,β-unsaturated/α-hetero) is 1. The van der Waals surface area contributed by atoms with E-state index < -0.39 is 28.3 Å². The second-order valence-corrected chi connectivity index (χ2v) is 5.57. The molecule has 23 heavy (non-hydrogen) atoms. The standard InChI is InChI=1S/C16H11BrF3NO2/c17-13(14(22)10-4-2-1-3-5-10)15(23)21-12-8-6-11(7-9-12)16(18,19)20/h1-9,13H,(H,21,23). The Morgan fingerprint density at radius 3 is 2.04 bits per heavy atom. The van der Waals surface area contributed by atoms with Gasteiger partial charge in [-0.2, -0.15) is 13.2 Å². The predicted molar refractivity (Wildman–Crippen MR) is 83.6 cm³/mol. The van der Waals surface area contributed by atoms with Crippen LogP contribution in [0.3, 0.4) is 0 Å². The number of carbonyl (C=O) groups excluding carboxylic acids is 2. The minimum Gasteiger partial charge on any atom is -0.325 e. The van der Waals surface area contributed by atoms with Crippen molar-refractivity contribution in [2.75, 3.05) is 5.32 Å². The van der Waals surface area contributed by atoms with Crippen molar-refractivity contribution in [1.82, 2.24) is 0 Å². The Hall–Kier alpha value is -2.15. The summed E-state index contributed by atoms with van der Waals surface area (Å²) in [7, 11) is 0. The number of benzene rings is 2. The lowest BCUT2D eigenvalue weighted by molar-refractivity contribution is -0.137. The molecule has 0 heterocycles. The molecule has 0 aliphatic rings. The third kappa shape index (κ3) is 4.41. The molecule has 0 fully saturated rings. The van der Waals surface area contributed by atoms with Gasteiger partial charge in [0, 0.05) is 11.3 Å². The van der Waals surface area contributed by atoms with Gasteiger partial charge in [0.25, 0.3) is 0 Å². The van der Waals surface area contributed by atoms with Crippen LogP contribution in [0.15, 0.2) is 54.6 Å². The van der Waals surface area contributed by atoms with Crippen molar-refractivity contribution in [2.24, 2.45) is 0 Å². The average molecular weight is 386 g/mol. The van der Waals surface area contributed by atoms with E-state index in [0.717, 1.165) is 24.3 Å². The number of ketones is 1. The Morgan fingerprint density at radius 1 is 0.957 bits per heavy atom. The fourth-order valence-corrected chi connectivity index (χ4v) is 2.19. The molecule has 0 aliphatic heterocycles. The lowest BCUT2D eigenvalue weighted by Crippen LogP contribution is -2.30. The van der Waals surface area contributed by atoms with Crippen LogP contribution in [-0.4, -0.2) is 16.5 Å². The van der Waals surface area contributed by atoms with E-state index >= 15 is 0 Å². The molecule has 1 unspecified atom stereocenters. The van der Waals surface area contributed by atoms with Gasteiger partial charge < -0.3 is 5.32 Å². The third-order valence-corrected chi connectivity index (χ3v) is 3.83. The fourth-order valence-electron chi connectivity index (χ4n) is 1.82. The predicted octanol–water partition coefficient (Wildman–Crippen LogP) is 4.29. The van der Waals surface area contributed by atoms with Gasteiger partial charge in [-0.15, -0.1) is 0 Å². The number of amides is 1. The molecular weight excluding hydrogens is 375 g/mol. The number of carbonyl (C=O) groups is 2. The molecule has 2 aromatic rings. The van der Waals surface area contributed by atoms with E-state index in [0.29, 0.717) is 5.56 Å². The molecule has 0 bridgehead atoms. The molecule has 0 saturated carbocycles. The van der Waals surface area contributed by atoms with Crippen LogP contribution in [0.2, 0.25) is 0 Å². The van der Waals surface area contributed by atoms with Gasteiger partial charge in [-0.05, 0) is 24.3 Å². The van der Waals surface area contributed by atoms with Crippen molar-refractivity contribution in [3.05, 3.63) is 65.7 Å². The molecule has 0 spiro atoms. The van der Waals surface area contributed by atoms with E-state index in [4.69, 9.17) is 0 Å². The zero-order chi connectivity index (χ0) is 17.0. The summed E-state index contributed by atoms with van der Waals surface area (Å²) in [6, 6.07) is 12.2. The molecule has 7 heteroatoms. The lowest BCUT2D eigenvalue weighted by Gasteiger charge is -2.11. The maximum absolute atomic E-state index is 12.5. The van der Waals surface area contributed by atoms with Gasteiger partial charge in [-0.25, -0.2) is 0 Å². The Labute approximate surface area is 138 Å². The van der Waals surface area contributed by atoms with Gasteiger partial charge in [-0.3, -0.25) is 9.59 Å². The SMILES string of the molecule is O=C(Nc1ccc(C(F)(F)F)cc1)C(Br)C(=O)c1ccccc1. The van der Waals surface area contributed by atoms with E-state index in [1.807, 2.05) is 0 Å². The summed E-state index contributed by atoms with van der Waals surface area (Å²) in [5, 5.41) is 2.40. The van der Waals surface area contributed by atoms with Crippen LogP contribution < -0.4 is 5.32 Å². The van der Waals surface area contributed by atoms with Crippen LogP contribution in [0.1, 0.15) is 15.9 Å². The topological polar surface area (TPSA) is 46.2 Å². The van der Waals surface area contributed by atoms with Crippen LogP contribution in [0.5, 0.6) is 0 Å². The largest absolute Gasteiger partial charge is 0.416 e. The number of rotatable bonds is 4. The first kappa shape index (κ1) is 17.2. The number of hydrogen-bond donors (Lipinski definition) is 1. The number of alkyl halides is 4. The molecule has 0 aromatic heterocycles. The smallest absolute Gasteiger partial charge is 0.325 e. The van der Waals surface area contributed by atoms with Crippen LogP contribution in [0.25, 0.3) is 0 Å². The molecule has 120 valence electrons. The molecule has 2 aromatic carbocycles. The van der Waals surface area contributed by atoms with Crippen molar-refractivity contribution < 1.29 is 22.8 Å². The van der Waals surface area contributed by atoms with Crippen molar-refractivity contribution in [1.29, 1.82) is 0 Å². The monoisotopic (exact) mass is 385 g/mol. The van der Waals surface area contributed by atoms with Gasteiger partial charge >= 0.3 is 6.18 Å². The maximum atomic E-state index is 12.5. The highest BCUT2D eigenvalue weighted by atomic mass is 79.9. The van der Waals surface area contributed by atoms with E-state index in [1.165, 1.54) is 0 Å². The summed E-state index contributed by atoms with van der Waals surface area (Å²) in [6.07, 6.45) is -4.44. The number of halogens is 4. The van der Waals surface area contributed by atoms with Gasteiger partial charge in [0.15, 0.2) is 10.6 Å².